The second kappa shape index (κ2) is 8.62. The number of benzene rings is 1. The lowest BCUT2D eigenvalue weighted by molar-refractivity contribution is 0.0950. The molecule has 146 valence electrons. The Bertz CT molecular complexity index is 935. The van der Waals surface area contributed by atoms with Crippen LogP contribution in [0.2, 0.25) is 0 Å². The van der Waals surface area contributed by atoms with E-state index >= 15 is 0 Å². The van der Waals surface area contributed by atoms with Crippen molar-refractivity contribution in [3.8, 4) is 11.6 Å². The molecule has 1 saturated carbocycles. The number of carbonyl (C=O) groups is 1. The number of methoxy groups -OCH3 is 1. The average Bonchev–Trinajstić information content (AvgIpc) is 3.19. The van der Waals surface area contributed by atoms with Gasteiger partial charge in [-0.25, -0.2) is 0 Å². The van der Waals surface area contributed by atoms with Gasteiger partial charge in [0.1, 0.15) is 0 Å². The highest BCUT2D eigenvalue weighted by Gasteiger charge is 2.25. The van der Waals surface area contributed by atoms with Crippen LogP contribution in [0, 0.1) is 0 Å². The zero-order valence-corrected chi connectivity index (χ0v) is 16.4. The Kier molecular flexibility index (Phi) is 5.78. The van der Waals surface area contributed by atoms with Gasteiger partial charge in [0.15, 0.2) is 10.9 Å². The molecular weight excluding hydrogens is 376 g/mol. The molecule has 0 aliphatic heterocycles. The predicted molar refractivity (Wildman–Crippen MR) is 106 cm³/mol. The molecule has 0 spiro atoms. The molecule has 7 nitrogen and oxygen atoms in total. The third-order valence-electron chi connectivity index (χ3n) is 4.51. The highest BCUT2D eigenvalue weighted by atomic mass is 32.2. The molecule has 4 rings (SSSR count). The average molecular weight is 398 g/mol. The number of nitrogens with zero attached hydrogens (tertiary/aromatic N) is 3. The van der Waals surface area contributed by atoms with Crippen molar-refractivity contribution in [2.75, 3.05) is 13.7 Å². The summed E-state index contributed by atoms with van der Waals surface area (Å²) in [7, 11) is 1.67. The Morgan fingerprint density at radius 2 is 2.14 bits per heavy atom. The van der Waals surface area contributed by atoms with E-state index in [4.69, 9.17) is 9.15 Å². The molecule has 1 aliphatic rings. The number of rotatable bonds is 9. The first-order valence-electron chi connectivity index (χ1n) is 9.24. The van der Waals surface area contributed by atoms with E-state index in [0.717, 1.165) is 29.1 Å². The number of ether oxygens (including phenoxy) is 1. The van der Waals surface area contributed by atoms with Crippen LogP contribution in [0.25, 0.3) is 11.6 Å². The number of amides is 1. The minimum atomic E-state index is -0.00387. The summed E-state index contributed by atoms with van der Waals surface area (Å²) in [5.41, 5.74) is 1.70. The zero-order valence-electron chi connectivity index (χ0n) is 15.6. The maximum Gasteiger partial charge on any atom is 0.251 e. The van der Waals surface area contributed by atoms with Gasteiger partial charge in [0.25, 0.3) is 5.91 Å². The summed E-state index contributed by atoms with van der Waals surface area (Å²) in [4.78, 5) is 12.5. The van der Waals surface area contributed by atoms with E-state index in [2.05, 4.69) is 15.5 Å². The molecule has 0 unspecified atom stereocenters. The van der Waals surface area contributed by atoms with Gasteiger partial charge in [0, 0.05) is 24.5 Å². The van der Waals surface area contributed by atoms with Crippen LogP contribution < -0.4 is 5.32 Å². The van der Waals surface area contributed by atoms with Gasteiger partial charge in [-0.15, -0.1) is 10.2 Å². The van der Waals surface area contributed by atoms with Crippen molar-refractivity contribution in [3.05, 3.63) is 53.8 Å². The van der Waals surface area contributed by atoms with Crippen LogP contribution in [-0.2, 0) is 17.0 Å². The summed E-state index contributed by atoms with van der Waals surface area (Å²) in [6.45, 7) is 1.16. The second-order valence-electron chi connectivity index (χ2n) is 6.62. The number of hydrogen-bond donors (Lipinski definition) is 1. The highest BCUT2D eigenvalue weighted by molar-refractivity contribution is 7.98. The van der Waals surface area contributed by atoms with Crippen LogP contribution in [0.4, 0.5) is 0 Å². The van der Waals surface area contributed by atoms with Gasteiger partial charge in [0.2, 0.25) is 5.82 Å². The second-order valence-corrected chi connectivity index (χ2v) is 7.56. The zero-order chi connectivity index (χ0) is 19.3. The number of furan rings is 1. The molecule has 1 amide bonds. The third-order valence-corrected chi connectivity index (χ3v) is 5.52. The fourth-order valence-corrected chi connectivity index (χ4v) is 3.84. The molecule has 8 heteroatoms. The molecule has 0 atom stereocenters. The van der Waals surface area contributed by atoms with Crippen molar-refractivity contribution in [2.24, 2.45) is 0 Å². The first-order chi connectivity index (χ1) is 13.8. The van der Waals surface area contributed by atoms with Gasteiger partial charge in [-0.05, 0) is 36.6 Å². The fourth-order valence-electron chi connectivity index (χ4n) is 2.87. The van der Waals surface area contributed by atoms with E-state index in [0.29, 0.717) is 36.5 Å². The summed E-state index contributed by atoms with van der Waals surface area (Å²) < 4.78 is 12.7. The van der Waals surface area contributed by atoms with Crippen molar-refractivity contribution in [1.29, 1.82) is 0 Å². The lowest BCUT2D eigenvalue weighted by Crippen LogP contribution is -2.26. The Hall–Kier alpha value is -2.58. The molecule has 3 aromatic rings. The number of nitrogens with one attached hydrogen (secondary N) is 1. The Balaban J connectivity index is 1.53. The van der Waals surface area contributed by atoms with Gasteiger partial charge >= 0.3 is 0 Å². The van der Waals surface area contributed by atoms with Crippen LogP contribution in [-0.4, -0.2) is 40.4 Å². The van der Waals surface area contributed by atoms with E-state index in [1.807, 2.05) is 41.0 Å². The highest BCUT2D eigenvalue weighted by Crippen LogP contribution is 2.28. The first kappa shape index (κ1) is 18.8. The molecule has 0 bridgehead atoms. The van der Waals surface area contributed by atoms with Crippen LogP contribution in [0.15, 0.2) is 52.2 Å². The van der Waals surface area contributed by atoms with Crippen LogP contribution in [0.5, 0.6) is 0 Å². The standard InChI is InChI=1S/C20H22N4O3S/c1-26-12-10-24-18(17-7-4-11-27-17)22-23-20(24)28-13-14-5-2-3-6-16(14)19(25)21-15-8-9-15/h2-7,11,15H,8-10,12-13H2,1H3,(H,21,25). The van der Waals surface area contributed by atoms with Gasteiger partial charge < -0.3 is 14.5 Å². The van der Waals surface area contributed by atoms with Crippen molar-refractivity contribution in [1.82, 2.24) is 20.1 Å². The fraction of sp³-hybridized carbons (Fsp3) is 0.350. The first-order valence-corrected chi connectivity index (χ1v) is 10.2. The van der Waals surface area contributed by atoms with Crippen LogP contribution in [0.1, 0.15) is 28.8 Å². The molecule has 1 fully saturated rings. The SMILES string of the molecule is COCCn1c(SCc2ccccc2C(=O)NC2CC2)nnc1-c1ccco1. The predicted octanol–water partition coefficient (Wildman–Crippen LogP) is 3.37. The van der Waals surface area contributed by atoms with E-state index in [1.165, 1.54) is 0 Å². The lowest BCUT2D eigenvalue weighted by Gasteiger charge is -2.11. The van der Waals surface area contributed by atoms with Crippen molar-refractivity contribution in [2.45, 2.75) is 36.3 Å². The van der Waals surface area contributed by atoms with Crippen molar-refractivity contribution >= 4 is 17.7 Å². The number of hydrogen-bond acceptors (Lipinski definition) is 6. The van der Waals surface area contributed by atoms with Crippen molar-refractivity contribution < 1.29 is 13.9 Å². The lowest BCUT2D eigenvalue weighted by atomic mass is 10.1. The smallest absolute Gasteiger partial charge is 0.251 e. The van der Waals surface area contributed by atoms with Crippen molar-refractivity contribution in [3.63, 3.8) is 0 Å². The van der Waals surface area contributed by atoms with E-state index < -0.39 is 0 Å². The summed E-state index contributed by atoms with van der Waals surface area (Å²) in [6, 6.07) is 11.7. The third kappa shape index (κ3) is 4.28. The molecule has 2 heterocycles. The Morgan fingerprint density at radius 1 is 1.29 bits per heavy atom. The van der Waals surface area contributed by atoms with Gasteiger partial charge in [-0.1, -0.05) is 30.0 Å². The monoisotopic (exact) mass is 398 g/mol. The molecule has 28 heavy (non-hydrogen) atoms. The molecular formula is C20H22N4O3S. The summed E-state index contributed by atoms with van der Waals surface area (Å²) in [6.07, 6.45) is 3.76. The molecule has 0 saturated heterocycles. The normalized spacial score (nSPS) is 13.6. The van der Waals surface area contributed by atoms with E-state index in [1.54, 1.807) is 25.1 Å². The van der Waals surface area contributed by atoms with E-state index in [9.17, 15) is 4.79 Å². The number of carbonyl (C=O) groups excluding carboxylic acids is 1. The van der Waals surface area contributed by atoms with Gasteiger partial charge in [-0.2, -0.15) is 0 Å². The molecule has 1 aromatic carbocycles. The maximum atomic E-state index is 12.5. The Morgan fingerprint density at radius 3 is 2.89 bits per heavy atom. The topological polar surface area (TPSA) is 82.2 Å². The largest absolute Gasteiger partial charge is 0.461 e. The Labute approximate surface area is 167 Å². The van der Waals surface area contributed by atoms with Crippen LogP contribution in [0.3, 0.4) is 0 Å². The summed E-state index contributed by atoms with van der Waals surface area (Å²) in [5, 5.41) is 12.5. The van der Waals surface area contributed by atoms with Gasteiger partial charge in [0.05, 0.1) is 19.4 Å². The van der Waals surface area contributed by atoms with Gasteiger partial charge in [-0.3, -0.25) is 9.36 Å². The number of thioether (sulfide) groups is 1. The summed E-state index contributed by atoms with van der Waals surface area (Å²) in [5.74, 6) is 1.96. The minimum Gasteiger partial charge on any atom is -0.461 e. The quantitative estimate of drug-likeness (QED) is 0.557. The molecule has 2 aromatic heterocycles. The molecule has 1 N–H and O–H groups in total. The molecule has 0 radical (unpaired) electrons. The van der Waals surface area contributed by atoms with E-state index in [-0.39, 0.29) is 5.91 Å². The summed E-state index contributed by atoms with van der Waals surface area (Å²) >= 11 is 1.55. The maximum absolute atomic E-state index is 12.5. The number of aromatic nitrogens is 3. The minimum absolute atomic E-state index is 0.00387. The van der Waals surface area contributed by atoms with Crippen LogP contribution >= 0.6 is 11.8 Å². The molecule has 1 aliphatic carbocycles.